The van der Waals surface area contributed by atoms with Crippen LogP contribution in [0.1, 0.15) is 18.4 Å². The lowest BCUT2D eigenvalue weighted by Gasteiger charge is -2.33. The van der Waals surface area contributed by atoms with Crippen LogP contribution in [0.2, 0.25) is 0 Å². The zero-order valence-corrected chi connectivity index (χ0v) is 15.2. The van der Waals surface area contributed by atoms with Crippen LogP contribution in [0, 0.1) is 0 Å². The minimum Gasteiger partial charge on any atom is -0.344 e. The summed E-state index contributed by atoms with van der Waals surface area (Å²) < 4.78 is 3.47. The van der Waals surface area contributed by atoms with Crippen molar-refractivity contribution in [3.05, 3.63) is 40.3 Å². The second-order valence-electron chi connectivity index (χ2n) is 6.24. The Morgan fingerprint density at radius 1 is 1.24 bits per heavy atom. The smallest absolute Gasteiger partial charge is 0.275 e. The molecular weight excluding hydrogens is 338 g/mol. The minimum absolute atomic E-state index is 0.0993. The molecule has 4 rings (SSSR count). The summed E-state index contributed by atoms with van der Waals surface area (Å²) in [7, 11) is 2.02. The van der Waals surface area contributed by atoms with E-state index in [2.05, 4.69) is 29.4 Å². The van der Waals surface area contributed by atoms with Gasteiger partial charge in [0, 0.05) is 57.4 Å². The first-order chi connectivity index (χ1) is 12.1. The molecule has 8 nitrogen and oxygen atoms in total. The molecule has 0 amide bonds. The lowest BCUT2D eigenvalue weighted by Crippen LogP contribution is -2.46. The third kappa shape index (κ3) is 3.16. The highest BCUT2D eigenvalue weighted by Gasteiger charge is 2.21. The first-order valence-electron chi connectivity index (χ1n) is 8.47. The molecule has 0 radical (unpaired) electrons. The summed E-state index contributed by atoms with van der Waals surface area (Å²) in [6.07, 6.45) is 4.56. The van der Waals surface area contributed by atoms with E-state index in [0.717, 1.165) is 55.8 Å². The van der Waals surface area contributed by atoms with Gasteiger partial charge in [-0.25, -0.2) is 9.97 Å². The first-order valence-corrected chi connectivity index (χ1v) is 9.29. The molecule has 0 unspecified atom stereocenters. The van der Waals surface area contributed by atoms with Gasteiger partial charge in [0.05, 0.1) is 6.54 Å². The van der Waals surface area contributed by atoms with Crippen molar-refractivity contribution in [2.45, 2.75) is 19.9 Å². The number of rotatable bonds is 4. The maximum Gasteiger partial charge on any atom is 0.275 e. The SMILES string of the molecule is CCc1cc(=O)n2nc(N3CCN(Cc4nccn4C)CC3)sc2n1. The third-order valence-electron chi connectivity index (χ3n) is 4.58. The van der Waals surface area contributed by atoms with Gasteiger partial charge < -0.3 is 9.47 Å². The molecule has 0 bridgehead atoms. The molecule has 1 fully saturated rings. The summed E-state index contributed by atoms with van der Waals surface area (Å²) in [5.74, 6) is 1.08. The molecule has 0 atom stereocenters. The van der Waals surface area contributed by atoms with E-state index in [9.17, 15) is 4.79 Å². The number of aryl methyl sites for hydroxylation is 2. The largest absolute Gasteiger partial charge is 0.344 e. The maximum atomic E-state index is 12.1. The number of aromatic nitrogens is 5. The van der Waals surface area contributed by atoms with Crippen LogP contribution in [0.25, 0.3) is 4.96 Å². The zero-order valence-electron chi connectivity index (χ0n) is 14.4. The molecule has 0 aliphatic carbocycles. The fraction of sp³-hybridized carbons (Fsp3) is 0.500. The van der Waals surface area contributed by atoms with Gasteiger partial charge in [0.15, 0.2) is 0 Å². The van der Waals surface area contributed by atoms with Gasteiger partial charge in [0.2, 0.25) is 10.1 Å². The molecule has 1 aliphatic rings. The summed E-state index contributed by atoms with van der Waals surface area (Å²) in [6, 6.07) is 1.57. The normalized spacial score (nSPS) is 16.0. The highest BCUT2D eigenvalue weighted by Crippen LogP contribution is 2.23. The van der Waals surface area contributed by atoms with Crippen molar-refractivity contribution < 1.29 is 0 Å². The van der Waals surface area contributed by atoms with E-state index in [1.807, 2.05) is 26.4 Å². The van der Waals surface area contributed by atoms with Gasteiger partial charge in [-0.3, -0.25) is 9.69 Å². The van der Waals surface area contributed by atoms with Crippen molar-refractivity contribution in [2.24, 2.45) is 7.05 Å². The Morgan fingerprint density at radius 3 is 2.72 bits per heavy atom. The van der Waals surface area contributed by atoms with Crippen molar-refractivity contribution in [1.82, 2.24) is 29.0 Å². The van der Waals surface area contributed by atoms with E-state index < -0.39 is 0 Å². The molecule has 4 heterocycles. The summed E-state index contributed by atoms with van der Waals surface area (Å²) in [6.45, 7) is 6.54. The van der Waals surface area contributed by atoms with Crippen LogP contribution in [0.15, 0.2) is 23.3 Å². The van der Waals surface area contributed by atoms with Crippen LogP contribution >= 0.6 is 11.3 Å². The molecule has 1 saturated heterocycles. The summed E-state index contributed by atoms with van der Waals surface area (Å²) >= 11 is 1.49. The predicted octanol–water partition coefficient (Wildman–Crippen LogP) is 0.769. The fourth-order valence-electron chi connectivity index (χ4n) is 3.00. The molecule has 3 aromatic rings. The molecule has 0 N–H and O–H groups in total. The van der Waals surface area contributed by atoms with Crippen molar-refractivity contribution in [3.8, 4) is 0 Å². The molecular formula is C16H21N7OS. The highest BCUT2D eigenvalue weighted by atomic mass is 32.1. The Hall–Kier alpha value is -2.26. The summed E-state index contributed by atoms with van der Waals surface area (Å²) in [5, 5.41) is 5.35. The molecule has 25 heavy (non-hydrogen) atoms. The Kier molecular flexibility index (Phi) is 4.26. The molecule has 3 aromatic heterocycles. The second-order valence-corrected chi connectivity index (χ2v) is 7.17. The highest BCUT2D eigenvalue weighted by molar-refractivity contribution is 7.20. The molecule has 132 valence electrons. The van der Waals surface area contributed by atoms with Crippen LogP contribution in [-0.2, 0) is 20.0 Å². The van der Waals surface area contributed by atoms with E-state index >= 15 is 0 Å². The van der Waals surface area contributed by atoms with Gasteiger partial charge >= 0.3 is 0 Å². The maximum absolute atomic E-state index is 12.1. The monoisotopic (exact) mass is 359 g/mol. The Morgan fingerprint density at radius 2 is 2.04 bits per heavy atom. The molecule has 1 aliphatic heterocycles. The summed E-state index contributed by atoms with van der Waals surface area (Å²) in [5.41, 5.74) is 0.720. The number of piperazine rings is 1. The van der Waals surface area contributed by atoms with Crippen molar-refractivity contribution >= 4 is 21.4 Å². The topological polar surface area (TPSA) is 71.6 Å². The van der Waals surface area contributed by atoms with Gasteiger partial charge in [-0.2, -0.15) is 4.52 Å². The minimum atomic E-state index is -0.0993. The Labute approximate surface area is 149 Å². The molecule has 0 aromatic carbocycles. The molecule has 0 saturated carbocycles. The number of hydrogen-bond acceptors (Lipinski definition) is 7. The van der Waals surface area contributed by atoms with Gasteiger partial charge in [-0.05, 0) is 6.42 Å². The summed E-state index contributed by atoms with van der Waals surface area (Å²) in [4.78, 5) is 26.4. The van der Waals surface area contributed by atoms with Gasteiger partial charge in [0.25, 0.3) is 5.56 Å². The van der Waals surface area contributed by atoms with E-state index in [1.54, 1.807) is 6.07 Å². The molecule has 9 heteroatoms. The average Bonchev–Trinajstić information content (AvgIpc) is 3.22. The number of imidazole rings is 1. The van der Waals surface area contributed by atoms with Crippen LogP contribution < -0.4 is 10.5 Å². The van der Waals surface area contributed by atoms with Crippen LogP contribution in [-0.4, -0.2) is 55.2 Å². The number of anilines is 1. The van der Waals surface area contributed by atoms with Crippen LogP contribution in [0.5, 0.6) is 0 Å². The average molecular weight is 359 g/mol. The third-order valence-corrected chi connectivity index (χ3v) is 5.55. The lowest BCUT2D eigenvalue weighted by molar-refractivity contribution is 0.241. The van der Waals surface area contributed by atoms with Crippen LogP contribution in [0.3, 0.4) is 0 Å². The van der Waals surface area contributed by atoms with Gasteiger partial charge in [-0.15, -0.1) is 5.10 Å². The van der Waals surface area contributed by atoms with Crippen LogP contribution in [0.4, 0.5) is 5.13 Å². The first kappa shape index (κ1) is 16.2. The van der Waals surface area contributed by atoms with Gasteiger partial charge in [0.1, 0.15) is 5.82 Å². The standard InChI is InChI=1S/C16H21N7OS/c1-3-12-10-14(24)23-15(18-12)25-16(19-23)22-8-6-21(7-9-22)11-13-17-4-5-20(13)2/h4-5,10H,3,6-9,11H2,1-2H3. The number of fused-ring (bicyclic) bond motifs is 1. The van der Waals surface area contributed by atoms with E-state index in [4.69, 9.17) is 0 Å². The lowest BCUT2D eigenvalue weighted by atomic mass is 10.3. The second kappa shape index (κ2) is 6.57. The quantitative estimate of drug-likeness (QED) is 0.685. The molecule has 0 spiro atoms. The Bertz CT molecular complexity index is 936. The Balaban J connectivity index is 1.47. The van der Waals surface area contributed by atoms with Crippen molar-refractivity contribution in [1.29, 1.82) is 0 Å². The van der Waals surface area contributed by atoms with E-state index in [0.29, 0.717) is 4.96 Å². The predicted molar refractivity (Wildman–Crippen MR) is 97.2 cm³/mol. The number of hydrogen-bond donors (Lipinski definition) is 0. The van der Waals surface area contributed by atoms with E-state index in [-0.39, 0.29) is 5.56 Å². The van der Waals surface area contributed by atoms with Crippen molar-refractivity contribution in [2.75, 3.05) is 31.1 Å². The van der Waals surface area contributed by atoms with Crippen molar-refractivity contribution in [3.63, 3.8) is 0 Å². The fourth-order valence-corrected chi connectivity index (χ4v) is 3.98. The van der Waals surface area contributed by atoms with Gasteiger partial charge in [-0.1, -0.05) is 18.3 Å². The number of nitrogens with zero attached hydrogens (tertiary/aromatic N) is 7. The van der Waals surface area contributed by atoms with E-state index in [1.165, 1.54) is 15.9 Å². The zero-order chi connectivity index (χ0) is 17.4.